The van der Waals surface area contributed by atoms with Crippen molar-refractivity contribution in [2.24, 2.45) is 5.73 Å². The Hall–Kier alpha value is -2.08. The van der Waals surface area contributed by atoms with Crippen molar-refractivity contribution < 1.29 is 19.8 Å². The van der Waals surface area contributed by atoms with E-state index < -0.39 is 24.0 Å². The number of rotatable bonds is 5. The second kappa shape index (κ2) is 5.13. The lowest BCUT2D eigenvalue weighted by molar-refractivity contribution is -0.145. The van der Waals surface area contributed by atoms with Crippen molar-refractivity contribution in [3.05, 3.63) is 30.3 Å². The number of hydrogen-bond acceptors (Lipinski definition) is 4. The van der Waals surface area contributed by atoms with Gasteiger partial charge < -0.3 is 21.3 Å². The Balaban J connectivity index is 2.81. The van der Waals surface area contributed by atoms with E-state index in [1.54, 1.807) is 30.3 Å². The van der Waals surface area contributed by atoms with Gasteiger partial charge in [0.15, 0.2) is 6.04 Å². The second-order valence-corrected chi connectivity index (χ2v) is 3.19. The first-order valence-electron chi connectivity index (χ1n) is 4.55. The van der Waals surface area contributed by atoms with E-state index in [-0.39, 0.29) is 0 Å². The fourth-order valence-electron chi connectivity index (χ4n) is 1.16. The molecule has 0 aliphatic carbocycles. The fraction of sp³-hybridized carbons (Fsp3) is 0.200. The van der Waals surface area contributed by atoms with Crippen LogP contribution in [0.3, 0.4) is 0 Å². The molecule has 1 aromatic rings. The highest BCUT2D eigenvalue weighted by Crippen LogP contribution is 2.08. The fourth-order valence-corrected chi connectivity index (χ4v) is 1.16. The monoisotopic (exact) mass is 224 g/mol. The van der Waals surface area contributed by atoms with Crippen LogP contribution in [-0.4, -0.2) is 34.2 Å². The van der Waals surface area contributed by atoms with E-state index in [1.807, 2.05) is 0 Å². The summed E-state index contributed by atoms with van der Waals surface area (Å²) in [6.45, 7) is 0. The van der Waals surface area contributed by atoms with Gasteiger partial charge in [-0.2, -0.15) is 0 Å². The van der Waals surface area contributed by atoms with Gasteiger partial charge >= 0.3 is 11.9 Å². The molecule has 0 saturated heterocycles. The Morgan fingerprint density at radius 1 is 1.12 bits per heavy atom. The van der Waals surface area contributed by atoms with E-state index in [2.05, 4.69) is 5.32 Å². The molecule has 0 heterocycles. The summed E-state index contributed by atoms with van der Waals surface area (Å²) in [6, 6.07) is 5.56. The minimum Gasteiger partial charge on any atom is -0.480 e. The Labute approximate surface area is 91.7 Å². The first-order valence-corrected chi connectivity index (χ1v) is 4.55. The predicted octanol–water partition coefficient (Wildman–Crippen LogP) is -0.0364. The first kappa shape index (κ1) is 12.0. The number of nitrogens with one attached hydrogen (secondary N) is 1. The predicted molar refractivity (Wildman–Crippen MR) is 57.1 cm³/mol. The summed E-state index contributed by atoms with van der Waals surface area (Å²) in [7, 11) is 0. The molecule has 1 aromatic carbocycles. The molecule has 6 heteroatoms. The third-order valence-corrected chi connectivity index (χ3v) is 2.01. The smallest absolute Gasteiger partial charge is 0.328 e. The van der Waals surface area contributed by atoms with E-state index in [9.17, 15) is 9.59 Å². The molecule has 6 nitrogen and oxygen atoms in total. The zero-order valence-corrected chi connectivity index (χ0v) is 8.33. The standard InChI is InChI=1S/C10H12N2O4/c11-7(9(13)14)8(10(15)16)12-6-4-2-1-3-5-6/h1-5,7-8,12H,11H2,(H,13,14)(H,15,16)/t7-,8?/m0/s1. The molecule has 1 unspecified atom stereocenters. The van der Waals surface area contributed by atoms with Crippen LogP contribution in [0.4, 0.5) is 5.69 Å². The largest absolute Gasteiger partial charge is 0.480 e. The molecule has 0 spiro atoms. The molecule has 1 rings (SSSR count). The highest BCUT2D eigenvalue weighted by atomic mass is 16.4. The topological polar surface area (TPSA) is 113 Å². The van der Waals surface area contributed by atoms with Crippen LogP contribution in [0.1, 0.15) is 0 Å². The molecule has 2 atom stereocenters. The number of carboxylic acid groups (broad SMARTS) is 2. The first-order chi connectivity index (χ1) is 7.52. The van der Waals surface area contributed by atoms with Crippen LogP contribution in [0, 0.1) is 0 Å². The van der Waals surface area contributed by atoms with Crippen LogP contribution >= 0.6 is 0 Å². The van der Waals surface area contributed by atoms with E-state index in [4.69, 9.17) is 15.9 Å². The van der Waals surface area contributed by atoms with Crippen LogP contribution in [-0.2, 0) is 9.59 Å². The Morgan fingerprint density at radius 2 is 1.69 bits per heavy atom. The van der Waals surface area contributed by atoms with Crippen LogP contribution in [0.25, 0.3) is 0 Å². The number of benzene rings is 1. The summed E-state index contributed by atoms with van der Waals surface area (Å²) in [4.78, 5) is 21.5. The van der Waals surface area contributed by atoms with Gasteiger partial charge in [-0.25, -0.2) is 4.79 Å². The highest BCUT2D eigenvalue weighted by Gasteiger charge is 2.30. The molecule has 0 aliphatic rings. The number of aliphatic carboxylic acids is 2. The summed E-state index contributed by atoms with van der Waals surface area (Å²) in [5.74, 6) is -2.67. The zero-order valence-electron chi connectivity index (χ0n) is 8.33. The third kappa shape index (κ3) is 2.96. The van der Waals surface area contributed by atoms with E-state index in [0.29, 0.717) is 5.69 Å². The molecule has 0 bridgehead atoms. The van der Waals surface area contributed by atoms with Crippen molar-refractivity contribution in [2.75, 3.05) is 5.32 Å². The molecule has 0 aromatic heterocycles. The van der Waals surface area contributed by atoms with Gasteiger partial charge in [0.1, 0.15) is 6.04 Å². The molecule has 0 amide bonds. The van der Waals surface area contributed by atoms with Crippen LogP contribution < -0.4 is 11.1 Å². The molecular weight excluding hydrogens is 212 g/mol. The minimum atomic E-state index is -1.50. The molecule has 0 fully saturated rings. The highest BCUT2D eigenvalue weighted by molar-refractivity contribution is 5.87. The molecule has 86 valence electrons. The van der Waals surface area contributed by atoms with Gasteiger partial charge in [0, 0.05) is 5.69 Å². The van der Waals surface area contributed by atoms with Crippen molar-refractivity contribution in [1.82, 2.24) is 0 Å². The molecular formula is C10H12N2O4. The van der Waals surface area contributed by atoms with Crippen molar-refractivity contribution >= 4 is 17.6 Å². The SMILES string of the molecule is N[C@H](C(=O)O)C(Nc1ccccc1)C(=O)O. The Bertz CT molecular complexity index is 380. The maximum atomic E-state index is 10.8. The molecule has 0 saturated carbocycles. The lowest BCUT2D eigenvalue weighted by Gasteiger charge is -2.18. The summed E-state index contributed by atoms with van der Waals surface area (Å²) in [5, 5.41) is 20.1. The van der Waals surface area contributed by atoms with E-state index in [0.717, 1.165) is 0 Å². The number of para-hydroxylation sites is 1. The number of hydrogen-bond donors (Lipinski definition) is 4. The van der Waals surface area contributed by atoms with Crippen molar-refractivity contribution in [2.45, 2.75) is 12.1 Å². The van der Waals surface area contributed by atoms with Crippen molar-refractivity contribution in [3.8, 4) is 0 Å². The van der Waals surface area contributed by atoms with Crippen LogP contribution in [0.5, 0.6) is 0 Å². The van der Waals surface area contributed by atoms with Gasteiger partial charge in [-0.15, -0.1) is 0 Å². The minimum absolute atomic E-state index is 0.506. The van der Waals surface area contributed by atoms with Crippen LogP contribution in [0.15, 0.2) is 30.3 Å². The van der Waals surface area contributed by atoms with Crippen LogP contribution in [0.2, 0.25) is 0 Å². The van der Waals surface area contributed by atoms with E-state index in [1.165, 1.54) is 0 Å². The van der Waals surface area contributed by atoms with Crippen molar-refractivity contribution in [3.63, 3.8) is 0 Å². The van der Waals surface area contributed by atoms with Gasteiger partial charge in [-0.3, -0.25) is 4.79 Å². The lowest BCUT2D eigenvalue weighted by Crippen LogP contribution is -2.50. The Kier molecular flexibility index (Phi) is 3.84. The average Bonchev–Trinajstić information content (AvgIpc) is 2.26. The van der Waals surface area contributed by atoms with Crippen molar-refractivity contribution in [1.29, 1.82) is 0 Å². The second-order valence-electron chi connectivity index (χ2n) is 3.19. The molecule has 0 aliphatic heterocycles. The lowest BCUT2D eigenvalue weighted by atomic mass is 10.1. The number of nitrogens with two attached hydrogens (primary N) is 1. The average molecular weight is 224 g/mol. The number of carboxylic acids is 2. The van der Waals surface area contributed by atoms with Gasteiger partial charge in [0.25, 0.3) is 0 Å². The number of carbonyl (C=O) groups is 2. The van der Waals surface area contributed by atoms with Gasteiger partial charge in [0.05, 0.1) is 0 Å². The van der Waals surface area contributed by atoms with Gasteiger partial charge in [-0.1, -0.05) is 18.2 Å². The maximum Gasteiger partial charge on any atom is 0.328 e. The maximum absolute atomic E-state index is 10.8. The van der Waals surface area contributed by atoms with Gasteiger partial charge in [0.2, 0.25) is 0 Å². The molecule has 0 radical (unpaired) electrons. The summed E-state index contributed by atoms with van der Waals surface area (Å²) in [6.07, 6.45) is 0. The van der Waals surface area contributed by atoms with E-state index >= 15 is 0 Å². The zero-order chi connectivity index (χ0) is 12.1. The summed E-state index contributed by atoms with van der Waals surface area (Å²) < 4.78 is 0. The number of anilines is 1. The summed E-state index contributed by atoms with van der Waals surface area (Å²) in [5.41, 5.74) is 5.77. The molecule has 5 N–H and O–H groups in total. The van der Waals surface area contributed by atoms with Gasteiger partial charge in [-0.05, 0) is 12.1 Å². The third-order valence-electron chi connectivity index (χ3n) is 2.01. The Morgan fingerprint density at radius 3 is 2.12 bits per heavy atom. The quantitative estimate of drug-likeness (QED) is 0.558. The normalized spacial score (nSPS) is 13.8. The molecule has 16 heavy (non-hydrogen) atoms. The summed E-state index contributed by atoms with van der Waals surface area (Å²) >= 11 is 0.